The molecule has 0 aliphatic rings. The number of amides is 1. The first kappa shape index (κ1) is 21.3. The van der Waals surface area contributed by atoms with Gasteiger partial charge in [0.05, 0.1) is 34.6 Å². The van der Waals surface area contributed by atoms with E-state index in [1.165, 1.54) is 34.4 Å². The molecule has 0 saturated carbocycles. The van der Waals surface area contributed by atoms with Crippen molar-refractivity contribution in [1.29, 1.82) is 0 Å². The lowest BCUT2D eigenvalue weighted by molar-refractivity contribution is -0.384. The Morgan fingerprint density at radius 3 is 2.75 bits per heavy atom. The van der Waals surface area contributed by atoms with Crippen LogP contribution in [0.25, 0.3) is 16.3 Å². The number of hydrogen-bond donors (Lipinski definition) is 0. The van der Waals surface area contributed by atoms with Gasteiger partial charge in [0.2, 0.25) is 0 Å². The molecule has 1 amide bonds. The van der Waals surface area contributed by atoms with E-state index in [2.05, 4.69) is 4.98 Å². The number of furan rings is 1. The Labute approximate surface area is 187 Å². The SMILES string of the molecule is CCOc1ccc2nc(N(Cc3ccco3)C(=O)/C=C\c3ccc([N+](=O)[O-])cc3)sc2c1. The van der Waals surface area contributed by atoms with E-state index in [9.17, 15) is 14.9 Å². The number of benzene rings is 2. The average Bonchev–Trinajstić information content (AvgIpc) is 3.45. The first-order valence-corrected chi connectivity index (χ1v) is 10.6. The van der Waals surface area contributed by atoms with E-state index in [1.807, 2.05) is 25.1 Å². The van der Waals surface area contributed by atoms with Crippen molar-refractivity contribution in [3.63, 3.8) is 0 Å². The van der Waals surface area contributed by atoms with Crippen molar-refractivity contribution in [2.75, 3.05) is 11.5 Å². The summed E-state index contributed by atoms with van der Waals surface area (Å²) >= 11 is 1.39. The van der Waals surface area contributed by atoms with E-state index in [-0.39, 0.29) is 18.1 Å². The van der Waals surface area contributed by atoms with Gasteiger partial charge in [-0.1, -0.05) is 11.3 Å². The van der Waals surface area contributed by atoms with Gasteiger partial charge in [-0.05, 0) is 61.0 Å². The van der Waals surface area contributed by atoms with Gasteiger partial charge in [-0.25, -0.2) is 4.98 Å². The maximum absolute atomic E-state index is 13.1. The monoisotopic (exact) mass is 449 g/mol. The van der Waals surface area contributed by atoms with Crippen molar-refractivity contribution in [2.24, 2.45) is 0 Å². The lowest BCUT2D eigenvalue weighted by atomic mass is 10.2. The minimum absolute atomic E-state index is 0.00572. The van der Waals surface area contributed by atoms with Gasteiger partial charge in [0.15, 0.2) is 5.13 Å². The van der Waals surface area contributed by atoms with Gasteiger partial charge in [-0.3, -0.25) is 19.8 Å². The van der Waals surface area contributed by atoms with Crippen LogP contribution < -0.4 is 9.64 Å². The Morgan fingerprint density at radius 1 is 1.25 bits per heavy atom. The summed E-state index contributed by atoms with van der Waals surface area (Å²) in [5.41, 5.74) is 1.44. The minimum Gasteiger partial charge on any atom is -0.494 e. The molecule has 0 atom stereocenters. The molecule has 2 aromatic carbocycles. The van der Waals surface area contributed by atoms with Crippen molar-refractivity contribution in [3.8, 4) is 5.75 Å². The molecule has 0 unspecified atom stereocenters. The van der Waals surface area contributed by atoms with E-state index >= 15 is 0 Å². The van der Waals surface area contributed by atoms with Gasteiger partial charge in [0.1, 0.15) is 11.5 Å². The predicted octanol–water partition coefficient (Wildman–Crippen LogP) is 5.44. The number of nitrogens with zero attached hydrogens (tertiary/aromatic N) is 3. The van der Waals surface area contributed by atoms with Crippen LogP contribution in [0.4, 0.5) is 10.8 Å². The summed E-state index contributed by atoms with van der Waals surface area (Å²) in [7, 11) is 0. The highest BCUT2D eigenvalue weighted by molar-refractivity contribution is 7.22. The zero-order valence-corrected chi connectivity index (χ0v) is 18.0. The van der Waals surface area contributed by atoms with Gasteiger partial charge < -0.3 is 9.15 Å². The molecule has 4 aromatic rings. The Kier molecular flexibility index (Phi) is 6.27. The van der Waals surface area contributed by atoms with Crippen LogP contribution in [0.15, 0.2) is 71.4 Å². The third kappa shape index (κ3) is 4.84. The second-order valence-corrected chi connectivity index (χ2v) is 7.75. The predicted molar refractivity (Wildman–Crippen MR) is 123 cm³/mol. The van der Waals surface area contributed by atoms with Crippen molar-refractivity contribution < 1.29 is 18.9 Å². The molecule has 0 spiro atoms. The Morgan fingerprint density at radius 2 is 2.06 bits per heavy atom. The van der Waals surface area contributed by atoms with Crippen molar-refractivity contribution in [2.45, 2.75) is 13.5 Å². The van der Waals surface area contributed by atoms with Crippen LogP contribution in [-0.2, 0) is 11.3 Å². The molecule has 0 bridgehead atoms. The Hall–Kier alpha value is -3.98. The fourth-order valence-electron chi connectivity index (χ4n) is 3.03. The lowest BCUT2D eigenvalue weighted by Gasteiger charge is -2.16. The molecule has 32 heavy (non-hydrogen) atoms. The molecule has 0 saturated heterocycles. The fraction of sp³-hybridized carbons (Fsp3) is 0.130. The Balaban J connectivity index is 1.62. The normalized spacial score (nSPS) is 11.2. The molecule has 8 nitrogen and oxygen atoms in total. The summed E-state index contributed by atoms with van der Waals surface area (Å²) in [5.74, 6) is 1.08. The molecule has 0 fully saturated rings. The first-order valence-electron chi connectivity index (χ1n) is 9.83. The molecule has 9 heteroatoms. The Bertz CT molecular complexity index is 1260. The summed E-state index contributed by atoms with van der Waals surface area (Å²) in [6.45, 7) is 2.70. The number of carbonyl (C=O) groups is 1. The summed E-state index contributed by atoms with van der Waals surface area (Å²) in [4.78, 5) is 29.6. The van der Waals surface area contributed by atoms with E-state index in [1.54, 1.807) is 36.6 Å². The van der Waals surface area contributed by atoms with E-state index < -0.39 is 4.92 Å². The molecule has 0 aliphatic heterocycles. The van der Waals surface area contributed by atoms with Gasteiger partial charge in [-0.15, -0.1) is 0 Å². The maximum Gasteiger partial charge on any atom is 0.269 e. The standard InChI is InChI=1S/C23H19N3O5S/c1-2-30-18-10-11-20-21(14-18)32-23(24-20)25(15-19-4-3-13-31-19)22(27)12-7-16-5-8-17(9-6-16)26(28)29/h3-14H,2,15H2,1H3/b12-7-. The number of ether oxygens (including phenoxy) is 1. The van der Waals surface area contributed by atoms with Crippen molar-refractivity contribution in [3.05, 3.63) is 88.4 Å². The molecule has 0 N–H and O–H groups in total. The molecule has 2 heterocycles. The van der Waals surface area contributed by atoms with Gasteiger partial charge in [0, 0.05) is 18.2 Å². The second kappa shape index (κ2) is 9.44. The highest BCUT2D eigenvalue weighted by Gasteiger charge is 2.20. The van der Waals surface area contributed by atoms with Crippen LogP contribution in [-0.4, -0.2) is 22.4 Å². The van der Waals surface area contributed by atoms with Crippen LogP contribution in [0.2, 0.25) is 0 Å². The van der Waals surface area contributed by atoms with Crippen LogP contribution >= 0.6 is 11.3 Å². The number of nitro groups is 1. The zero-order chi connectivity index (χ0) is 22.5. The number of aromatic nitrogens is 1. The first-order chi connectivity index (χ1) is 15.5. The van der Waals surface area contributed by atoms with Crippen molar-refractivity contribution in [1.82, 2.24) is 4.98 Å². The molecule has 162 valence electrons. The van der Waals surface area contributed by atoms with E-state index in [0.29, 0.717) is 23.1 Å². The molecular weight excluding hydrogens is 430 g/mol. The quantitative estimate of drug-likeness (QED) is 0.202. The number of carbonyl (C=O) groups excluding carboxylic acids is 1. The molecule has 4 rings (SSSR count). The highest BCUT2D eigenvalue weighted by Crippen LogP contribution is 2.32. The van der Waals surface area contributed by atoms with Crippen LogP contribution in [0.1, 0.15) is 18.2 Å². The number of hydrogen-bond acceptors (Lipinski definition) is 7. The molecule has 2 aromatic heterocycles. The topological polar surface area (TPSA) is 98.7 Å². The number of anilines is 1. The van der Waals surface area contributed by atoms with Crippen LogP contribution in [0, 0.1) is 10.1 Å². The largest absolute Gasteiger partial charge is 0.494 e. The molecule has 0 aliphatic carbocycles. The van der Waals surface area contributed by atoms with Crippen LogP contribution in [0.5, 0.6) is 5.75 Å². The highest BCUT2D eigenvalue weighted by atomic mass is 32.1. The summed E-state index contributed by atoms with van der Waals surface area (Å²) in [5, 5.41) is 11.3. The number of non-ortho nitro benzene ring substituents is 1. The molecule has 0 radical (unpaired) electrons. The summed E-state index contributed by atoms with van der Waals surface area (Å²) < 4.78 is 11.9. The average molecular weight is 449 g/mol. The number of fused-ring (bicyclic) bond motifs is 1. The third-order valence-corrected chi connectivity index (χ3v) is 5.61. The summed E-state index contributed by atoms with van der Waals surface area (Å²) in [6.07, 6.45) is 4.58. The third-order valence-electron chi connectivity index (χ3n) is 4.57. The van der Waals surface area contributed by atoms with Crippen LogP contribution in [0.3, 0.4) is 0 Å². The van der Waals surface area contributed by atoms with E-state index in [0.717, 1.165) is 16.0 Å². The smallest absolute Gasteiger partial charge is 0.269 e. The summed E-state index contributed by atoms with van der Waals surface area (Å²) in [6, 6.07) is 15.1. The van der Waals surface area contributed by atoms with Gasteiger partial charge >= 0.3 is 0 Å². The fourth-order valence-corrected chi connectivity index (χ4v) is 4.03. The van der Waals surface area contributed by atoms with E-state index in [4.69, 9.17) is 9.15 Å². The second-order valence-electron chi connectivity index (χ2n) is 6.74. The van der Waals surface area contributed by atoms with Gasteiger partial charge in [0.25, 0.3) is 11.6 Å². The van der Waals surface area contributed by atoms with Crippen molar-refractivity contribution >= 4 is 44.4 Å². The van der Waals surface area contributed by atoms with Gasteiger partial charge in [-0.2, -0.15) is 0 Å². The number of thiazole rings is 1. The number of rotatable bonds is 8. The maximum atomic E-state index is 13.1. The zero-order valence-electron chi connectivity index (χ0n) is 17.1. The number of nitro benzene ring substituents is 1. The lowest BCUT2D eigenvalue weighted by Crippen LogP contribution is -2.28. The molecular formula is C23H19N3O5S. The minimum atomic E-state index is -0.464.